The van der Waals surface area contributed by atoms with Crippen LogP contribution in [0.4, 0.5) is 0 Å². The van der Waals surface area contributed by atoms with Crippen molar-refractivity contribution in [1.29, 1.82) is 0 Å². The summed E-state index contributed by atoms with van der Waals surface area (Å²) in [5, 5.41) is 38.7. The zero-order valence-corrected chi connectivity index (χ0v) is 12.7. The summed E-state index contributed by atoms with van der Waals surface area (Å²) >= 11 is 0. The normalized spacial score (nSPS) is 28.9. The molecule has 0 aromatic rings. The van der Waals surface area contributed by atoms with Gasteiger partial charge < -0.3 is 20.4 Å². The predicted molar refractivity (Wildman–Crippen MR) is 83.5 cm³/mol. The van der Waals surface area contributed by atoms with Gasteiger partial charge in [0, 0.05) is 18.3 Å². The Balaban J connectivity index is 1.94. The Kier molecular flexibility index (Phi) is 3.89. The Morgan fingerprint density at radius 1 is 0.682 bits per heavy atom. The second-order valence-corrected chi connectivity index (χ2v) is 6.79. The molecule has 4 nitrogen and oxygen atoms in total. The van der Waals surface area contributed by atoms with Gasteiger partial charge in [-0.15, -0.1) is 0 Å². The minimum Gasteiger partial charge on any atom is -0.362 e. The molecule has 1 fully saturated rings. The molecule has 1 saturated carbocycles. The summed E-state index contributed by atoms with van der Waals surface area (Å²) < 4.78 is 0. The summed E-state index contributed by atoms with van der Waals surface area (Å²) in [7, 11) is 0. The number of hydrogen-bond donors (Lipinski definition) is 4. The number of rotatable bonds is 2. The summed E-state index contributed by atoms with van der Waals surface area (Å²) in [4.78, 5) is 0. The van der Waals surface area contributed by atoms with Crippen molar-refractivity contribution in [3.8, 4) is 0 Å². The molecular formula is C18H24O4. The summed E-state index contributed by atoms with van der Waals surface area (Å²) in [6.07, 6.45) is 16.3. The molecule has 0 unspecified atom stereocenters. The van der Waals surface area contributed by atoms with Crippen molar-refractivity contribution in [3.63, 3.8) is 0 Å². The molecule has 3 rings (SSSR count). The van der Waals surface area contributed by atoms with Crippen molar-refractivity contribution < 1.29 is 20.4 Å². The summed E-state index contributed by atoms with van der Waals surface area (Å²) in [6, 6.07) is 0. The maximum atomic E-state index is 9.68. The van der Waals surface area contributed by atoms with E-state index in [9.17, 15) is 20.4 Å². The first-order chi connectivity index (χ1) is 10.3. The van der Waals surface area contributed by atoms with E-state index >= 15 is 0 Å². The maximum absolute atomic E-state index is 9.68. The van der Waals surface area contributed by atoms with E-state index < -0.39 is 11.6 Å². The van der Waals surface area contributed by atoms with E-state index in [4.69, 9.17) is 0 Å². The fourth-order valence-corrected chi connectivity index (χ4v) is 3.85. The van der Waals surface area contributed by atoms with E-state index in [1.165, 1.54) is 18.6 Å². The van der Waals surface area contributed by atoms with Gasteiger partial charge in [-0.1, -0.05) is 43.6 Å². The zero-order valence-electron chi connectivity index (χ0n) is 12.7. The molecule has 120 valence electrons. The molecule has 0 atom stereocenters. The lowest BCUT2D eigenvalue weighted by Gasteiger charge is -2.42. The van der Waals surface area contributed by atoms with Crippen molar-refractivity contribution in [1.82, 2.24) is 0 Å². The largest absolute Gasteiger partial charge is 0.362 e. The van der Waals surface area contributed by atoms with Crippen LogP contribution in [-0.4, -0.2) is 32.0 Å². The molecule has 4 heteroatoms. The van der Waals surface area contributed by atoms with Crippen LogP contribution in [0.1, 0.15) is 44.9 Å². The highest BCUT2D eigenvalue weighted by atomic mass is 16.5. The van der Waals surface area contributed by atoms with Gasteiger partial charge in [-0.25, -0.2) is 0 Å². The number of hydrogen-bond acceptors (Lipinski definition) is 4. The van der Waals surface area contributed by atoms with E-state index in [-0.39, 0.29) is 18.3 Å². The first kappa shape index (κ1) is 15.7. The Morgan fingerprint density at radius 2 is 1.14 bits per heavy atom. The zero-order chi connectivity index (χ0) is 15.8. The highest BCUT2D eigenvalue weighted by molar-refractivity contribution is 5.45. The molecule has 0 heterocycles. The highest BCUT2D eigenvalue weighted by Gasteiger charge is 2.40. The van der Waals surface area contributed by atoms with Crippen molar-refractivity contribution in [2.45, 2.75) is 56.5 Å². The molecule has 3 aliphatic rings. The Labute approximate surface area is 130 Å². The van der Waals surface area contributed by atoms with Gasteiger partial charge >= 0.3 is 0 Å². The quantitative estimate of drug-likeness (QED) is 0.589. The minimum absolute atomic E-state index is 0.141. The number of aliphatic hydroxyl groups is 4. The first-order valence-electron chi connectivity index (χ1n) is 8.02. The minimum atomic E-state index is -1.75. The van der Waals surface area contributed by atoms with E-state index in [1.807, 2.05) is 24.3 Å². The van der Waals surface area contributed by atoms with Crippen LogP contribution >= 0.6 is 0 Å². The number of allylic oxidation sites excluding steroid dienone is 4. The van der Waals surface area contributed by atoms with E-state index in [0.717, 1.165) is 36.8 Å². The van der Waals surface area contributed by atoms with Crippen LogP contribution in [0.25, 0.3) is 0 Å². The third-order valence-corrected chi connectivity index (χ3v) is 5.12. The molecule has 0 radical (unpaired) electrons. The van der Waals surface area contributed by atoms with Crippen LogP contribution in [-0.2, 0) is 0 Å². The van der Waals surface area contributed by atoms with Crippen LogP contribution in [0.15, 0.2) is 47.6 Å². The van der Waals surface area contributed by atoms with Crippen molar-refractivity contribution in [3.05, 3.63) is 47.6 Å². The summed E-state index contributed by atoms with van der Waals surface area (Å²) in [5.74, 6) is -3.50. The topological polar surface area (TPSA) is 80.9 Å². The lowest BCUT2D eigenvalue weighted by Crippen LogP contribution is -2.34. The second-order valence-electron chi connectivity index (χ2n) is 6.79. The van der Waals surface area contributed by atoms with Gasteiger partial charge in [-0.3, -0.25) is 0 Å². The second kappa shape index (κ2) is 5.46. The maximum Gasteiger partial charge on any atom is 0.186 e. The van der Waals surface area contributed by atoms with Crippen LogP contribution in [0.3, 0.4) is 0 Å². The van der Waals surface area contributed by atoms with Crippen LogP contribution in [0, 0.1) is 5.41 Å². The monoisotopic (exact) mass is 304 g/mol. The molecule has 22 heavy (non-hydrogen) atoms. The molecule has 0 aromatic carbocycles. The SMILES string of the molecule is OC1(O)C=CC(C2(C3=CCC(O)(O)C=C3)CCCCC2)=CC1. The first-order valence-corrected chi connectivity index (χ1v) is 8.02. The smallest absolute Gasteiger partial charge is 0.186 e. The fraction of sp³-hybridized carbons (Fsp3) is 0.556. The summed E-state index contributed by atoms with van der Waals surface area (Å²) in [5.41, 5.74) is 2.09. The Hall–Kier alpha value is -1.20. The van der Waals surface area contributed by atoms with Gasteiger partial charge in [0.15, 0.2) is 11.6 Å². The average molecular weight is 304 g/mol. The third-order valence-electron chi connectivity index (χ3n) is 5.12. The van der Waals surface area contributed by atoms with E-state index in [0.29, 0.717) is 0 Å². The van der Waals surface area contributed by atoms with Crippen molar-refractivity contribution in [2.24, 2.45) is 5.41 Å². The molecule has 0 aliphatic heterocycles. The molecular weight excluding hydrogens is 280 g/mol. The van der Waals surface area contributed by atoms with Gasteiger partial charge in [0.05, 0.1) is 0 Å². The van der Waals surface area contributed by atoms with Crippen LogP contribution in [0.2, 0.25) is 0 Å². The molecule has 4 N–H and O–H groups in total. The highest BCUT2D eigenvalue weighted by Crippen LogP contribution is 2.51. The molecule has 0 amide bonds. The Morgan fingerprint density at radius 3 is 1.50 bits per heavy atom. The van der Waals surface area contributed by atoms with E-state index in [2.05, 4.69) is 0 Å². The summed E-state index contributed by atoms with van der Waals surface area (Å²) in [6.45, 7) is 0. The molecule has 0 spiro atoms. The predicted octanol–water partition coefficient (Wildman–Crippen LogP) is 2.07. The average Bonchev–Trinajstić information content (AvgIpc) is 2.47. The molecule has 0 saturated heterocycles. The van der Waals surface area contributed by atoms with Gasteiger partial charge in [0.2, 0.25) is 0 Å². The van der Waals surface area contributed by atoms with Crippen molar-refractivity contribution >= 4 is 0 Å². The standard InChI is InChI=1S/C18H24O4/c19-17(20)10-4-14(5-11-17)16(8-2-1-3-9-16)15-6-12-18(21,22)13-7-15/h4-7,10,12,19-22H,1-3,8-9,11,13H2. The van der Waals surface area contributed by atoms with Crippen LogP contribution < -0.4 is 0 Å². The molecule has 3 aliphatic carbocycles. The lowest BCUT2D eigenvalue weighted by atomic mass is 9.62. The van der Waals surface area contributed by atoms with Gasteiger partial charge in [-0.2, -0.15) is 0 Å². The molecule has 0 aromatic heterocycles. The Bertz CT molecular complexity index is 514. The van der Waals surface area contributed by atoms with Gasteiger partial charge in [0.25, 0.3) is 0 Å². The molecule has 0 bridgehead atoms. The fourth-order valence-electron chi connectivity index (χ4n) is 3.85. The third kappa shape index (κ3) is 2.97. The van der Waals surface area contributed by atoms with Gasteiger partial charge in [-0.05, 0) is 36.1 Å². The van der Waals surface area contributed by atoms with E-state index in [1.54, 1.807) is 0 Å². The van der Waals surface area contributed by atoms with Gasteiger partial charge in [0.1, 0.15) is 0 Å². The lowest BCUT2D eigenvalue weighted by molar-refractivity contribution is -0.115. The van der Waals surface area contributed by atoms with Crippen LogP contribution in [0.5, 0.6) is 0 Å². The van der Waals surface area contributed by atoms with Crippen molar-refractivity contribution in [2.75, 3.05) is 0 Å².